The van der Waals surface area contributed by atoms with Gasteiger partial charge in [-0.05, 0) is 74.9 Å². The molecule has 1 N–H and O–H groups in total. The fourth-order valence-corrected chi connectivity index (χ4v) is 5.15. The predicted octanol–water partition coefficient (Wildman–Crippen LogP) is 4.79. The van der Waals surface area contributed by atoms with E-state index in [4.69, 9.17) is 4.74 Å². The van der Waals surface area contributed by atoms with Crippen LogP contribution >= 0.6 is 0 Å². The van der Waals surface area contributed by atoms with E-state index in [-0.39, 0.29) is 5.97 Å². The van der Waals surface area contributed by atoms with E-state index in [1.807, 2.05) is 37.3 Å². The van der Waals surface area contributed by atoms with Crippen LogP contribution in [0, 0.1) is 6.92 Å². The van der Waals surface area contributed by atoms with Crippen LogP contribution in [0.15, 0.2) is 42.5 Å². The monoisotopic (exact) mass is 388 g/mol. The van der Waals surface area contributed by atoms with Crippen molar-refractivity contribution in [2.45, 2.75) is 51.7 Å². The fourth-order valence-electron chi connectivity index (χ4n) is 5.15. The molecule has 1 unspecified atom stereocenters. The van der Waals surface area contributed by atoms with Gasteiger partial charge in [-0.25, -0.2) is 4.79 Å². The number of H-pyrrole nitrogens is 1. The first-order valence-corrected chi connectivity index (χ1v) is 10.8. The van der Waals surface area contributed by atoms with Crippen molar-refractivity contribution >= 4 is 16.9 Å². The highest BCUT2D eigenvalue weighted by Crippen LogP contribution is 2.35. The Bertz CT molecular complexity index is 1030. The number of carbonyl (C=O) groups is 1. The molecule has 5 rings (SSSR count). The summed E-state index contributed by atoms with van der Waals surface area (Å²) < 4.78 is 5.69. The summed E-state index contributed by atoms with van der Waals surface area (Å²) in [6, 6.07) is 14.9. The molecule has 1 aromatic heterocycles. The lowest BCUT2D eigenvalue weighted by atomic mass is 9.84. The number of benzene rings is 2. The standard InChI is InChI=1S/C25H28N2O2/c1-17-23(25(28)29-16-18-7-3-2-4-8-18)24-21-11-10-20(27-13-5-6-14-27)15-19(21)9-12-22(24)26-17/h2-4,7-9,12,20,26H,5-6,10-11,13-16H2,1H3. The topological polar surface area (TPSA) is 45.3 Å². The molecule has 4 heteroatoms. The van der Waals surface area contributed by atoms with E-state index in [0.29, 0.717) is 18.2 Å². The summed E-state index contributed by atoms with van der Waals surface area (Å²) >= 11 is 0. The van der Waals surface area contributed by atoms with Crippen molar-refractivity contribution in [1.82, 2.24) is 9.88 Å². The van der Waals surface area contributed by atoms with Gasteiger partial charge in [-0.15, -0.1) is 0 Å². The van der Waals surface area contributed by atoms with Crippen LogP contribution in [0.1, 0.15) is 52.0 Å². The van der Waals surface area contributed by atoms with E-state index in [0.717, 1.165) is 35.0 Å². The number of nitrogens with one attached hydrogen (secondary N) is 1. The van der Waals surface area contributed by atoms with Crippen LogP contribution in [0.2, 0.25) is 0 Å². The van der Waals surface area contributed by atoms with E-state index in [1.54, 1.807) is 0 Å². The smallest absolute Gasteiger partial charge is 0.340 e. The molecule has 2 aromatic carbocycles. The number of aromatic nitrogens is 1. The van der Waals surface area contributed by atoms with Gasteiger partial charge in [0.15, 0.2) is 0 Å². The van der Waals surface area contributed by atoms with Crippen molar-refractivity contribution in [2.24, 2.45) is 0 Å². The Morgan fingerprint density at radius 2 is 1.93 bits per heavy atom. The van der Waals surface area contributed by atoms with Gasteiger partial charge in [0.25, 0.3) is 0 Å². The summed E-state index contributed by atoms with van der Waals surface area (Å²) in [6.45, 7) is 4.75. The van der Waals surface area contributed by atoms with Crippen LogP contribution in [-0.2, 0) is 24.2 Å². The van der Waals surface area contributed by atoms with Crippen LogP contribution in [0.5, 0.6) is 0 Å². The molecule has 29 heavy (non-hydrogen) atoms. The van der Waals surface area contributed by atoms with Crippen molar-refractivity contribution in [3.8, 4) is 0 Å². The van der Waals surface area contributed by atoms with Crippen LogP contribution in [0.25, 0.3) is 10.9 Å². The molecular formula is C25H28N2O2. The number of esters is 1. The number of ether oxygens (including phenoxy) is 1. The Morgan fingerprint density at radius 1 is 1.14 bits per heavy atom. The van der Waals surface area contributed by atoms with Gasteiger partial charge in [-0.1, -0.05) is 36.4 Å². The lowest BCUT2D eigenvalue weighted by molar-refractivity contribution is 0.0474. The third-order valence-corrected chi connectivity index (χ3v) is 6.61. The van der Waals surface area contributed by atoms with Crippen molar-refractivity contribution in [3.63, 3.8) is 0 Å². The Hall–Kier alpha value is -2.59. The van der Waals surface area contributed by atoms with Gasteiger partial charge in [0.2, 0.25) is 0 Å². The largest absolute Gasteiger partial charge is 0.457 e. The Morgan fingerprint density at radius 3 is 2.72 bits per heavy atom. The lowest BCUT2D eigenvalue weighted by Crippen LogP contribution is -2.37. The minimum atomic E-state index is -0.229. The number of hydrogen-bond acceptors (Lipinski definition) is 3. The summed E-state index contributed by atoms with van der Waals surface area (Å²) in [6.07, 6.45) is 5.96. The number of rotatable bonds is 4. The fraction of sp³-hybridized carbons (Fsp3) is 0.400. The lowest BCUT2D eigenvalue weighted by Gasteiger charge is -2.32. The molecule has 0 saturated carbocycles. The Kier molecular flexibility index (Phi) is 4.88. The average Bonchev–Trinajstić information content (AvgIpc) is 3.40. The zero-order valence-corrected chi connectivity index (χ0v) is 17.0. The second-order valence-corrected chi connectivity index (χ2v) is 8.45. The third kappa shape index (κ3) is 3.46. The number of carbonyl (C=O) groups excluding carboxylic acids is 1. The van der Waals surface area contributed by atoms with E-state index in [1.165, 1.54) is 43.5 Å². The van der Waals surface area contributed by atoms with Gasteiger partial charge < -0.3 is 14.6 Å². The predicted molar refractivity (Wildman–Crippen MR) is 115 cm³/mol. The third-order valence-electron chi connectivity index (χ3n) is 6.61. The van der Waals surface area contributed by atoms with Crippen molar-refractivity contribution in [2.75, 3.05) is 13.1 Å². The molecule has 4 nitrogen and oxygen atoms in total. The normalized spacial score (nSPS) is 19.4. The highest BCUT2D eigenvalue weighted by atomic mass is 16.5. The molecule has 0 bridgehead atoms. The molecule has 0 radical (unpaired) electrons. The number of hydrogen-bond donors (Lipinski definition) is 1. The number of fused-ring (bicyclic) bond motifs is 3. The molecule has 1 aliphatic heterocycles. The second-order valence-electron chi connectivity index (χ2n) is 8.45. The Balaban J connectivity index is 1.44. The van der Waals surface area contributed by atoms with Crippen LogP contribution in [0.4, 0.5) is 0 Å². The van der Waals surface area contributed by atoms with Gasteiger partial charge in [-0.2, -0.15) is 0 Å². The minimum absolute atomic E-state index is 0.229. The summed E-state index contributed by atoms with van der Waals surface area (Å²) in [5.41, 5.74) is 6.41. The van der Waals surface area contributed by atoms with Crippen LogP contribution in [-0.4, -0.2) is 35.0 Å². The second kappa shape index (κ2) is 7.68. The molecule has 2 heterocycles. The van der Waals surface area contributed by atoms with Gasteiger partial charge >= 0.3 is 5.97 Å². The maximum absolute atomic E-state index is 13.0. The summed E-state index contributed by atoms with van der Waals surface area (Å²) in [7, 11) is 0. The van der Waals surface area contributed by atoms with Crippen LogP contribution in [0.3, 0.4) is 0 Å². The zero-order chi connectivity index (χ0) is 19.8. The van der Waals surface area contributed by atoms with Gasteiger partial charge in [0.05, 0.1) is 5.56 Å². The molecule has 1 fully saturated rings. The molecular weight excluding hydrogens is 360 g/mol. The van der Waals surface area contributed by atoms with E-state index >= 15 is 0 Å². The SMILES string of the molecule is Cc1[nH]c2ccc3c(c2c1C(=O)OCc1ccccc1)CCC(N1CCCC1)C3. The molecule has 2 aliphatic rings. The summed E-state index contributed by atoms with van der Waals surface area (Å²) in [5.74, 6) is -0.229. The molecule has 3 aromatic rings. The highest BCUT2D eigenvalue weighted by Gasteiger charge is 2.29. The molecule has 0 amide bonds. The number of aryl methyl sites for hydroxylation is 2. The molecule has 1 saturated heterocycles. The van der Waals surface area contributed by atoms with E-state index in [2.05, 4.69) is 22.0 Å². The first kappa shape index (κ1) is 18.4. The Labute approximate surface area is 171 Å². The molecule has 1 atom stereocenters. The first-order chi connectivity index (χ1) is 14.2. The summed E-state index contributed by atoms with van der Waals surface area (Å²) in [4.78, 5) is 19.1. The molecule has 1 aliphatic carbocycles. The average molecular weight is 389 g/mol. The van der Waals surface area contributed by atoms with Crippen LogP contribution < -0.4 is 0 Å². The summed E-state index contributed by atoms with van der Waals surface area (Å²) in [5, 5.41) is 1.08. The van der Waals surface area contributed by atoms with Gasteiger partial charge in [0, 0.05) is 22.6 Å². The van der Waals surface area contributed by atoms with E-state index in [9.17, 15) is 4.79 Å². The molecule has 150 valence electrons. The first-order valence-electron chi connectivity index (χ1n) is 10.8. The van der Waals surface area contributed by atoms with Gasteiger partial charge in [0.1, 0.15) is 6.61 Å². The maximum atomic E-state index is 13.0. The number of likely N-dealkylation sites (tertiary alicyclic amines) is 1. The zero-order valence-electron chi connectivity index (χ0n) is 17.0. The highest BCUT2D eigenvalue weighted by molar-refractivity contribution is 6.07. The maximum Gasteiger partial charge on any atom is 0.340 e. The van der Waals surface area contributed by atoms with Crippen molar-refractivity contribution < 1.29 is 9.53 Å². The van der Waals surface area contributed by atoms with Crippen molar-refractivity contribution in [3.05, 3.63) is 70.4 Å². The van der Waals surface area contributed by atoms with Gasteiger partial charge in [-0.3, -0.25) is 0 Å². The van der Waals surface area contributed by atoms with E-state index < -0.39 is 0 Å². The molecule has 0 spiro atoms. The number of aromatic amines is 1. The van der Waals surface area contributed by atoms with Crippen molar-refractivity contribution in [1.29, 1.82) is 0 Å². The minimum Gasteiger partial charge on any atom is -0.457 e. The number of nitrogens with zero attached hydrogens (tertiary/aromatic N) is 1. The quantitative estimate of drug-likeness (QED) is 0.654.